The van der Waals surface area contributed by atoms with Crippen LogP contribution < -0.4 is 5.32 Å². The zero-order chi connectivity index (χ0) is 13.9. The zero-order valence-corrected chi connectivity index (χ0v) is 12.5. The molecule has 0 aliphatic carbocycles. The first kappa shape index (κ1) is 13.3. The van der Waals surface area contributed by atoms with Crippen molar-refractivity contribution in [2.24, 2.45) is 5.92 Å². The summed E-state index contributed by atoms with van der Waals surface area (Å²) in [6.07, 6.45) is 1.82. The van der Waals surface area contributed by atoms with Gasteiger partial charge in [0.05, 0.1) is 12.7 Å². The third kappa shape index (κ3) is 2.76. The van der Waals surface area contributed by atoms with Crippen molar-refractivity contribution < 1.29 is 4.42 Å². The van der Waals surface area contributed by atoms with Gasteiger partial charge in [-0.2, -0.15) is 0 Å². The molecule has 0 spiro atoms. The van der Waals surface area contributed by atoms with Gasteiger partial charge in [-0.15, -0.1) is 11.3 Å². The number of nitrogens with one attached hydrogen (secondary N) is 1. The molecule has 1 aromatic carbocycles. The highest BCUT2D eigenvalue weighted by molar-refractivity contribution is 7.17. The molecule has 3 aromatic rings. The molecule has 1 N–H and O–H groups in total. The Labute approximate surface area is 122 Å². The number of aromatic nitrogens is 1. The molecule has 4 heteroatoms. The van der Waals surface area contributed by atoms with Crippen LogP contribution in [-0.2, 0) is 6.54 Å². The predicted molar refractivity (Wildman–Crippen MR) is 83.9 cm³/mol. The number of rotatable bonds is 5. The third-order valence-electron chi connectivity index (χ3n) is 3.13. The van der Waals surface area contributed by atoms with E-state index in [1.54, 1.807) is 11.3 Å². The van der Waals surface area contributed by atoms with Gasteiger partial charge in [0.1, 0.15) is 0 Å². The van der Waals surface area contributed by atoms with E-state index in [9.17, 15) is 0 Å². The minimum absolute atomic E-state index is 0.630. The van der Waals surface area contributed by atoms with Crippen molar-refractivity contribution in [3.8, 4) is 11.3 Å². The summed E-state index contributed by atoms with van der Waals surface area (Å²) in [5.41, 5.74) is 1.13. The lowest BCUT2D eigenvalue weighted by Crippen LogP contribution is -2.18. The number of oxazole rings is 1. The summed E-state index contributed by atoms with van der Waals surface area (Å²) in [5, 5.41) is 6.71. The number of thiophene rings is 1. The Hall–Kier alpha value is -1.65. The molecular formula is C16H18N2OS. The monoisotopic (exact) mass is 286 g/mol. The number of fused-ring (bicyclic) bond motifs is 1. The molecule has 0 aliphatic heterocycles. The number of nitrogens with zero attached hydrogens (tertiary/aromatic N) is 1. The van der Waals surface area contributed by atoms with E-state index in [1.165, 1.54) is 10.1 Å². The zero-order valence-electron chi connectivity index (χ0n) is 11.7. The van der Waals surface area contributed by atoms with Crippen LogP contribution in [0, 0.1) is 5.92 Å². The normalized spacial score (nSPS) is 11.6. The van der Waals surface area contributed by atoms with Gasteiger partial charge in [-0.25, -0.2) is 4.98 Å². The van der Waals surface area contributed by atoms with E-state index in [4.69, 9.17) is 4.42 Å². The Balaban J connectivity index is 1.79. The standard InChI is InChI=1S/C16H18N2OS/c1-11(2)7-17-9-16-18-8-14(19-16)13-10-20-15-6-4-3-5-12(13)15/h3-6,8,10-11,17H,7,9H2,1-2H3. The molecule has 0 saturated carbocycles. The molecule has 3 rings (SSSR count). The molecule has 0 atom stereocenters. The van der Waals surface area contributed by atoms with E-state index in [2.05, 4.69) is 53.8 Å². The van der Waals surface area contributed by atoms with Crippen molar-refractivity contribution in [1.29, 1.82) is 0 Å². The van der Waals surface area contributed by atoms with Gasteiger partial charge >= 0.3 is 0 Å². The molecular weight excluding hydrogens is 268 g/mol. The van der Waals surface area contributed by atoms with Gasteiger partial charge in [-0.1, -0.05) is 32.0 Å². The van der Waals surface area contributed by atoms with Crippen molar-refractivity contribution in [3.05, 3.63) is 41.7 Å². The molecule has 0 saturated heterocycles. The summed E-state index contributed by atoms with van der Waals surface area (Å²) >= 11 is 1.74. The average molecular weight is 286 g/mol. The Morgan fingerprint density at radius 1 is 1.30 bits per heavy atom. The van der Waals surface area contributed by atoms with Crippen LogP contribution in [0.4, 0.5) is 0 Å². The molecule has 20 heavy (non-hydrogen) atoms. The van der Waals surface area contributed by atoms with Gasteiger partial charge in [0, 0.05) is 21.0 Å². The van der Waals surface area contributed by atoms with Crippen LogP contribution in [0.15, 0.2) is 40.3 Å². The topological polar surface area (TPSA) is 38.1 Å². The molecule has 0 unspecified atom stereocenters. The molecule has 2 heterocycles. The molecule has 3 nitrogen and oxygen atoms in total. The summed E-state index contributed by atoms with van der Waals surface area (Å²) in [6, 6.07) is 8.37. The first-order valence-corrected chi connectivity index (χ1v) is 7.74. The van der Waals surface area contributed by atoms with Gasteiger partial charge in [0.15, 0.2) is 5.76 Å². The second kappa shape index (κ2) is 5.77. The summed E-state index contributed by atoms with van der Waals surface area (Å²) in [7, 11) is 0. The van der Waals surface area contributed by atoms with Crippen LogP contribution in [0.5, 0.6) is 0 Å². The van der Waals surface area contributed by atoms with Crippen molar-refractivity contribution >= 4 is 21.4 Å². The quantitative estimate of drug-likeness (QED) is 0.760. The summed E-state index contributed by atoms with van der Waals surface area (Å²) < 4.78 is 7.13. The van der Waals surface area contributed by atoms with Crippen molar-refractivity contribution in [3.63, 3.8) is 0 Å². The highest BCUT2D eigenvalue weighted by atomic mass is 32.1. The summed E-state index contributed by atoms with van der Waals surface area (Å²) in [5.74, 6) is 2.23. The Bertz CT molecular complexity index is 699. The summed E-state index contributed by atoms with van der Waals surface area (Å²) in [4.78, 5) is 4.35. The largest absolute Gasteiger partial charge is 0.439 e. The van der Waals surface area contributed by atoms with Crippen molar-refractivity contribution in [2.45, 2.75) is 20.4 Å². The molecule has 0 amide bonds. The van der Waals surface area contributed by atoms with Crippen LogP contribution >= 0.6 is 11.3 Å². The maximum absolute atomic E-state index is 5.85. The number of hydrogen-bond acceptors (Lipinski definition) is 4. The van der Waals surface area contributed by atoms with Crippen LogP contribution in [0.25, 0.3) is 21.4 Å². The van der Waals surface area contributed by atoms with E-state index in [0.29, 0.717) is 12.5 Å². The molecule has 0 aliphatic rings. The van der Waals surface area contributed by atoms with Crippen LogP contribution in [0.3, 0.4) is 0 Å². The molecule has 2 aromatic heterocycles. The average Bonchev–Trinajstić information content (AvgIpc) is 3.04. The second-order valence-corrected chi connectivity index (χ2v) is 6.20. The van der Waals surface area contributed by atoms with Crippen molar-refractivity contribution in [2.75, 3.05) is 6.54 Å². The van der Waals surface area contributed by atoms with Gasteiger partial charge in [0.2, 0.25) is 5.89 Å². The number of hydrogen-bond donors (Lipinski definition) is 1. The van der Waals surface area contributed by atoms with Gasteiger partial charge in [-0.05, 0) is 18.5 Å². The molecule has 0 bridgehead atoms. The number of benzene rings is 1. The highest BCUT2D eigenvalue weighted by Crippen LogP contribution is 2.33. The lowest BCUT2D eigenvalue weighted by atomic mass is 10.1. The van der Waals surface area contributed by atoms with E-state index >= 15 is 0 Å². The van der Waals surface area contributed by atoms with Crippen LogP contribution in [0.1, 0.15) is 19.7 Å². The maximum atomic E-state index is 5.85. The SMILES string of the molecule is CC(C)CNCc1ncc(-c2csc3ccccc23)o1. The Morgan fingerprint density at radius 2 is 2.15 bits per heavy atom. The van der Waals surface area contributed by atoms with Crippen molar-refractivity contribution in [1.82, 2.24) is 10.3 Å². The second-order valence-electron chi connectivity index (χ2n) is 5.29. The Morgan fingerprint density at radius 3 is 3.00 bits per heavy atom. The minimum atomic E-state index is 0.630. The molecule has 104 valence electrons. The third-order valence-corrected chi connectivity index (χ3v) is 4.09. The van der Waals surface area contributed by atoms with Gasteiger partial charge in [-0.3, -0.25) is 0 Å². The fourth-order valence-electron chi connectivity index (χ4n) is 2.15. The van der Waals surface area contributed by atoms with Gasteiger partial charge < -0.3 is 9.73 Å². The smallest absolute Gasteiger partial charge is 0.208 e. The maximum Gasteiger partial charge on any atom is 0.208 e. The molecule has 0 fully saturated rings. The summed E-state index contributed by atoms with van der Waals surface area (Å²) in [6.45, 7) is 6.02. The molecule has 0 radical (unpaired) electrons. The first-order chi connectivity index (χ1) is 9.74. The first-order valence-electron chi connectivity index (χ1n) is 6.86. The van der Waals surface area contributed by atoms with Crippen LogP contribution in [-0.4, -0.2) is 11.5 Å². The highest BCUT2D eigenvalue weighted by Gasteiger charge is 2.11. The lowest BCUT2D eigenvalue weighted by Gasteiger charge is -2.04. The fourth-order valence-corrected chi connectivity index (χ4v) is 3.10. The minimum Gasteiger partial charge on any atom is -0.439 e. The van der Waals surface area contributed by atoms with E-state index in [0.717, 1.165) is 23.8 Å². The fraction of sp³-hybridized carbons (Fsp3) is 0.312. The van der Waals surface area contributed by atoms with Crippen LogP contribution in [0.2, 0.25) is 0 Å². The van der Waals surface area contributed by atoms with Gasteiger partial charge in [0.25, 0.3) is 0 Å². The lowest BCUT2D eigenvalue weighted by molar-refractivity contribution is 0.459. The van der Waals surface area contributed by atoms with E-state index in [1.807, 2.05) is 6.20 Å². The predicted octanol–water partition coefficient (Wildman–Crippen LogP) is 4.30. The van der Waals surface area contributed by atoms with E-state index < -0.39 is 0 Å². The Kier molecular flexibility index (Phi) is 3.85. The van der Waals surface area contributed by atoms with E-state index in [-0.39, 0.29) is 0 Å².